The van der Waals surface area contributed by atoms with Crippen molar-refractivity contribution in [3.63, 3.8) is 0 Å². The van der Waals surface area contributed by atoms with Gasteiger partial charge in [-0.15, -0.1) is 0 Å². The Morgan fingerprint density at radius 2 is 2.18 bits per heavy atom. The van der Waals surface area contributed by atoms with Crippen LogP contribution < -0.4 is 10.6 Å². The molecule has 0 fully saturated rings. The second-order valence-electron chi connectivity index (χ2n) is 4.57. The number of nitrogens with one attached hydrogen (secondary N) is 3. The van der Waals surface area contributed by atoms with E-state index in [0.29, 0.717) is 18.2 Å². The molecule has 1 rings (SSSR count). The second kappa shape index (κ2) is 6.39. The number of hydrogen-bond acceptors (Lipinski definition) is 3. The van der Waals surface area contributed by atoms with Gasteiger partial charge in [0.2, 0.25) is 5.91 Å². The van der Waals surface area contributed by atoms with Gasteiger partial charge < -0.3 is 10.6 Å². The lowest BCUT2D eigenvalue weighted by Gasteiger charge is -2.10. The Hall–Kier alpha value is -1.36. The van der Waals surface area contributed by atoms with Crippen LogP contribution in [-0.4, -0.2) is 28.7 Å². The highest BCUT2D eigenvalue weighted by molar-refractivity contribution is 5.90. The van der Waals surface area contributed by atoms with Gasteiger partial charge in [-0.25, -0.2) is 0 Å². The topological polar surface area (TPSA) is 69.8 Å². The standard InChI is InChI=1S/C12H22N4O/c1-5-13-9(4)6-12(17)14-11-7-10(8(2)3)15-16-11/h7-9,13H,5-6H2,1-4H3,(H2,14,15,16,17). The van der Waals surface area contributed by atoms with Gasteiger partial charge in [-0.05, 0) is 19.4 Å². The summed E-state index contributed by atoms with van der Waals surface area (Å²) in [5, 5.41) is 12.9. The number of carbonyl (C=O) groups excluding carboxylic acids is 1. The molecule has 0 aliphatic carbocycles. The summed E-state index contributed by atoms with van der Waals surface area (Å²) in [5.74, 6) is 0.969. The van der Waals surface area contributed by atoms with E-state index in [1.807, 2.05) is 19.9 Å². The van der Waals surface area contributed by atoms with Crippen molar-refractivity contribution in [1.29, 1.82) is 0 Å². The predicted octanol–water partition coefficient (Wildman–Crippen LogP) is 1.86. The summed E-state index contributed by atoms with van der Waals surface area (Å²) < 4.78 is 0. The maximum absolute atomic E-state index is 11.7. The molecule has 0 aliphatic rings. The highest BCUT2D eigenvalue weighted by Crippen LogP contribution is 2.14. The number of anilines is 1. The molecule has 1 amide bonds. The van der Waals surface area contributed by atoms with Crippen molar-refractivity contribution >= 4 is 11.7 Å². The largest absolute Gasteiger partial charge is 0.314 e. The van der Waals surface area contributed by atoms with E-state index in [1.165, 1.54) is 0 Å². The van der Waals surface area contributed by atoms with Gasteiger partial charge in [0.15, 0.2) is 5.82 Å². The van der Waals surface area contributed by atoms with Crippen molar-refractivity contribution in [2.75, 3.05) is 11.9 Å². The third-order valence-corrected chi connectivity index (χ3v) is 2.53. The van der Waals surface area contributed by atoms with Crippen molar-refractivity contribution < 1.29 is 4.79 Å². The third kappa shape index (κ3) is 4.56. The minimum Gasteiger partial charge on any atom is -0.314 e. The Balaban J connectivity index is 2.44. The maximum atomic E-state index is 11.7. The van der Waals surface area contributed by atoms with E-state index in [4.69, 9.17) is 0 Å². The highest BCUT2D eigenvalue weighted by atomic mass is 16.1. The Labute approximate surface area is 102 Å². The van der Waals surface area contributed by atoms with Crippen LogP contribution in [0.5, 0.6) is 0 Å². The van der Waals surface area contributed by atoms with E-state index in [-0.39, 0.29) is 11.9 Å². The number of hydrogen-bond donors (Lipinski definition) is 3. The predicted molar refractivity (Wildman–Crippen MR) is 69.1 cm³/mol. The van der Waals surface area contributed by atoms with Crippen LogP contribution in [0.3, 0.4) is 0 Å². The van der Waals surface area contributed by atoms with Crippen LogP contribution in [0.4, 0.5) is 5.82 Å². The van der Waals surface area contributed by atoms with E-state index in [0.717, 1.165) is 12.2 Å². The number of amides is 1. The summed E-state index contributed by atoms with van der Waals surface area (Å²) in [7, 11) is 0. The average molecular weight is 238 g/mol. The zero-order chi connectivity index (χ0) is 12.8. The molecule has 0 aliphatic heterocycles. The Kier molecular flexibility index (Phi) is 5.15. The third-order valence-electron chi connectivity index (χ3n) is 2.53. The molecule has 0 bridgehead atoms. The van der Waals surface area contributed by atoms with Crippen LogP contribution in [0.1, 0.15) is 45.7 Å². The lowest BCUT2D eigenvalue weighted by molar-refractivity contribution is -0.116. The summed E-state index contributed by atoms with van der Waals surface area (Å²) in [6.45, 7) is 9.04. The molecule has 0 saturated carbocycles. The van der Waals surface area contributed by atoms with Gasteiger partial charge in [0.05, 0.1) is 0 Å². The molecule has 17 heavy (non-hydrogen) atoms. The Morgan fingerprint density at radius 3 is 2.71 bits per heavy atom. The van der Waals surface area contributed by atoms with Crippen molar-refractivity contribution in [3.05, 3.63) is 11.8 Å². The first-order valence-electron chi connectivity index (χ1n) is 6.11. The lowest BCUT2D eigenvalue weighted by Crippen LogP contribution is -2.30. The van der Waals surface area contributed by atoms with Crippen molar-refractivity contribution in [3.8, 4) is 0 Å². The number of carbonyl (C=O) groups is 1. The average Bonchev–Trinajstić information content (AvgIpc) is 2.66. The fourth-order valence-corrected chi connectivity index (χ4v) is 1.59. The first-order valence-corrected chi connectivity index (χ1v) is 6.11. The van der Waals surface area contributed by atoms with Crippen molar-refractivity contribution in [2.24, 2.45) is 0 Å². The van der Waals surface area contributed by atoms with Crippen molar-refractivity contribution in [1.82, 2.24) is 15.5 Å². The molecular formula is C12H22N4O. The minimum atomic E-state index is -0.0137. The van der Waals surface area contributed by atoms with E-state index < -0.39 is 0 Å². The number of aromatic nitrogens is 2. The van der Waals surface area contributed by atoms with Gasteiger partial charge in [-0.2, -0.15) is 5.10 Å². The lowest BCUT2D eigenvalue weighted by atomic mass is 10.1. The van der Waals surface area contributed by atoms with E-state index in [9.17, 15) is 4.79 Å². The summed E-state index contributed by atoms with van der Waals surface area (Å²) in [4.78, 5) is 11.7. The zero-order valence-electron chi connectivity index (χ0n) is 11.0. The highest BCUT2D eigenvalue weighted by Gasteiger charge is 2.10. The molecule has 5 nitrogen and oxygen atoms in total. The summed E-state index contributed by atoms with van der Waals surface area (Å²) in [5.41, 5.74) is 1.03. The van der Waals surface area contributed by atoms with Crippen LogP contribution in [0.25, 0.3) is 0 Å². The molecule has 5 heteroatoms. The molecule has 0 saturated heterocycles. The van der Waals surface area contributed by atoms with Gasteiger partial charge in [-0.3, -0.25) is 9.89 Å². The number of rotatable bonds is 6. The normalized spacial score (nSPS) is 12.8. The fourth-order valence-electron chi connectivity index (χ4n) is 1.59. The van der Waals surface area contributed by atoms with E-state index in [2.05, 4.69) is 34.7 Å². The summed E-state index contributed by atoms with van der Waals surface area (Å²) in [6.07, 6.45) is 0.456. The van der Waals surface area contributed by atoms with Gasteiger partial charge in [0.1, 0.15) is 0 Å². The monoisotopic (exact) mass is 238 g/mol. The quantitative estimate of drug-likeness (QED) is 0.708. The molecule has 0 aromatic carbocycles. The van der Waals surface area contributed by atoms with Gasteiger partial charge in [0.25, 0.3) is 0 Å². The molecule has 1 aromatic heterocycles. The molecule has 0 radical (unpaired) electrons. The van der Waals surface area contributed by atoms with Crippen LogP contribution in [0.15, 0.2) is 6.07 Å². The van der Waals surface area contributed by atoms with Crippen LogP contribution in [-0.2, 0) is 4.79 Å². The van der Waals surface area contributed by atoms with E-state index in [1.54, 1.807) is 0 Å². The van der Waals surface area contributed by atoms with Gasteiger partial charge >= 0.3 is 0 Å². The molecular weight excluding hydrogens is 216 g/mol. The first-order chi connectivity index (χ1) is 8.02. The minimum absolute atomic E-state index is 0.0137. The molecule has 1 atom stereocenters. The second-order valence-corrected chi connectivity index (χ2v) is 4.57. The molecule has 3 N–H and O–H groups in total. The SMILES string of the molecule is CCNC(C)CC(=O)Nc1cc(C(C)C)[nH]n1. The van der Waals surface area contributed by atoms with Crippen LogP contribution in [0.2, 0.25) is 0 Å². The number of aromatic amines is 1. The first kappa shape index (κ1) is 13.7. The molecule has 96 valence electrons. The van der Waals surface area contributed by atoms with Crippen LogP contribution >= 0.6 is 0 Å². The molecule has 1 heterocycles. The zero-order valence-corrected chi connectivity index (χ0v) is 11.0. The smallest absolute Gasteiger partial charge is 0.227 e. The van der Waals surface area contributed by atoms with Crippen LogP contribution in [0, 0.1) is 0 Å². The number of nitrogens with zero attached hydrogens (tertiary/aromatic N) is 1. The number of H-pyrrole nitrogens is 1. The summed E-state index contributed by atoms with van der Waals surface area (Å²) in [6, 6.07) is 2.06. The molecule has 1 unspecified atom stereocenters. The molecule has 0 spiro atoms. The van der Waals surface area contributed by atoms with Gasteiger partial charge in [-0.1, -0.05) is 20.8 Å². The van der Waals surface area contributed by atoms with Gasteiger partial charge in [0, 0.05) is 24.2 Å². The van der Waals surface area contributed by atoms with Crippen molar-refractivity contribution in [2.45, 2.75) is 46.1 Å². The van der Waals surface area contributed by atoms with E-state index >= 15 is 0 Å². The fraction of sp³-hybridized carbons (Fsp3) is 0.667. The maximum Gasteiger partial charge on any atom is 0.227 e. The Morgan fingerprint density at radius 1 is 1.47 bits per heavy atom. The summed E-state index contributed by atoms with van der Waals surface area (Å²) >= 11 is 0. The molecule has 1 aromatic rings. The Bertz CT molecular complexity index is 359.